The minimum atomic E-state index is 0.860. The first-order valence-electron chi connectivity index (χ1n) is 16.0. The molecular weight excluding hydrogens is 571 g/mol. The summed E-state index contributed by atoms with van der Waals surface area (Å²) in [4.78, 5) is 2.39. The molecule has 224 valence electrons. The summed E-state index contributed by atoms with van der Waals surface area (Å²) in [6.45, 7) is 0. The minimum absolute atomic E-state index is 0.860. The number of hydrogen-bond donors (Lipinski definition) is 0. The van der Waals surface area contributed by atoms with E-state index in [1.165, 1.54) is 27.5 Å². The molecule has 0 spiro atoms. The van der Waals surface area contributed by atoms with Gasteiger partial charge in [-0.05, 0) is 86.4 Å². The Morgan fingerprint density at radius 1 is 0.383 bits per heavy atom. The first kappa shape index (κ1) is 28.4. The zero-order chi connectivity index (χ0) is 31.6. The Kier molecular flexibility index (Phi) is 7.45. The molecule has 8 aromatic carbocycles. The van der Waals surface area contributed by atoms with Crippen molar-refractivity contribution in [3.05, 3.63) is 182 Å². The van der Waals surface area contributed by atoms with Gasteiger partial charge in [-0.1, -0.05) is 140 Å². The van der Waals surface area contributed by atoms with Crippen molar-refractivity contribution < 1.29 is 4.74 Å². The van der Waals surface area contributed by atoms with Crippen LogP contribution in [0.25, 0.3) is 54.9 Å². The second-order valence-electron chi connectivity index (χ2n) is 11.7. The summed E-state index contributed by atoms with van der Waals surface area (Å²) in [7, 11) is 1.75. The molecule has 0 unspecified atom stereocenters. The molecule has 8 aromatic rings. The third-order valence-corrected chi connectivity index (χ3v) is 8.95. The van der Waals surface area contributed by atoms with E-state index in [0.717, 1.165) is 50.3 Å². The summed E-state index contributed by atoms with van der Waals surface area (Å²) in [5, 5.41) is 4.66. The Bertz CT molecular complexity index is 2320. The fourth-order valence-electron chi connectivity index (χ4n) is 6.63. The topological polar surface area (TPSA) is 12.5 Å². The van der Waals surface area contributed by atoms with Crippen molar-refractivity contribution in [2.75, 3.05) is 12.0 Å². The molecule has 0 atom stereocenters. The van der Waals surface area contributed by atoms with Crippen molar-refractivity contribution in [1.82, 2.24) is 0 Å². The lowest BCUT2D eigenvalue weighted by atomic mass is 9.92. The summed E-state index contributed by atoms with van der Waals surface area (Å²) < 4.78 is 5.96. The van der Waals surface area contributed by atoms with E-state index in [4.69, 9.17) is 4.74 Å². The molecule has 47 heavy (non-hydrogen) atoms. The van der Waals surface area contributed by atoms with E-state index in [-0.39, 0.29) is 0 Å². The van der Waals surface area contributed by atoms with Crippen LogP contribution in [0.1, 0.15) is 0 Å². The van der Waals surface area contributed by atoms with Crippen LogP contribution < -0.4 is 9.64 Å². The van der Waals surface area contributed by atoms with Crippen LogP contribution in [0.15, 0.2) is 182 Å². The highest BCUT2D eigenvalue weighted by Gasteiger charge is 2.21. The maximum Gasteiger partial charge on any atom is 0.127 e. The number of hydrogen-bond acceptors (Lipinski definition) is 2. The molecule has 0 aromatic heterocycles. The molecule has 0 aliphatic carbocycles. The summed E-state index contributed by atoms with van der Waals surface area (Å²) in [6.07, 6.45) is 0. The molecule has 0 fully saturated rings. The molecule has 0 N–H and O–H groups in total. The van der Waals surface area contributed by atoms with E-state index in [1.54, 1.807) is 7.11 Å². The van der Waals surface area contributed by atoms with Gasteiger partial charge in [0.1, 0.15) is 5.75 Å². The summed E-state index contributed by atoms with van der Waals surface area (Å²) in [5.41, 5.74) is 10.2. The van der Waals surface area contributed by atoms with E-state index in [9.17, 15) is 0 Å². The SMILES string of the molecule is COc1cccc2cccc(-c3cc(-c4ccccc4)ccc3N(c3ccc(-c4ccccc4)cc3)c3ccc4ccccc4c3)c12. The van der Waals surface area contributed by atoms with Crippen molar-refractivity contribution in [2.45, 2.75) is 0 Å². The summed E-state index contributed by atoms with van der Waals surface area (Å²) in [5.74, 6) is 0.860. The highest BCUT2D eigenvalue weighted by Crippen LogP contribution is 2.46. The van der Waals surface area contributed by atoms with Gasteiger partial charge in [-0.25, -0.2) is 0 Å². The molecule has 0 saturated heterocycles. The van der Waals surface area contributed by atoms with Crippen molar-refractivity contribution in [1.29, 1.82) is 0 Å². The second-order valence-corrected chi connectivity index (χ2v) is 11.7. The molecule has 0 aliphatic heterocycles. The molecule has 8 rings (SSSR count). The molecule has 0 radical (unpaired) electrons. The molecule has 0 heterocycles. The van der Waals surface area contributed by atoms with Gasteiger partial charge in [0.2, 0.25) is 0 Å². The van der Waals surface area contributed by atoms with Gasteiger partial charge in [0.15, 0.2) is 0 Å². The fourth-order valence-corrected chi connectivity index (χ4v) is 6.63. The molecule has 0 amide bonds. The van der Waals surface area contributed by atoms with Gasteiger partial charge in [-0.15, -0.1) is 0 Å². The number of benzene rings is 8. The van der Waals surface area contributed by atoms with Crippen LogP contribution in [0.3, 0.4) is 0 Å². The average molecular weight is 604 g/mol. The van der Waals surface area contributed by atoms with Crippen molar-refractivity contribution in [3.8, 4) is 39.1 Å². The van der Waals surface area contributed by atoms with E-state index in [0.29, 0.717) is 0 Å². The lowest BCUT2D eigenvalue weighted by Gasteiger charge is -2.29. The maximum absolute atomic E-state index is 5.96. The highest BCUT2D eigenvalue weighted by atomic mass is 16.5. The van der Waals surface area contributed by atoms with Gasteiger partial charge < -0.3 is 9.64 Å². The molecule has 0 saturated carbocycles. The minimum Gasteiger partial charge on any atom is -0.496 e. The van der Waals surface area contributed by atoms with Gasteiger partial charge in [0, 0.05) is 22.3 Å². The zero-order valence-corrected chi connectivity index (χ0v) is 26.2. The Labute approximate surface area is 275 Å². The van der Waals surface area contributed by atoms with Crippen LogP contribution in [-0.2, 0) is 0 Å². The van der Waals surface area contributed by atoms with Crippen molar-refractivity contribution >= 4 is 38.6 Å². The monoisotopic (exact) mass is 603 g/mol. The van der Waals surface area contributed by atoms with Gasteiger partial charge in [-0.2, -0.15) is 0 Å². The van der Waals surface area contributed by atoms with Crippen LogP contribution in [-0.4, -0.2) is 7.11 Å². The zero-order valence-electron chi connectivity index (χ0n) is 26.2. The van der Waals surface area contributed by atoms with Crippen LogP contribution >= 0.6 is 0 Å². The van der Waals surface area contributed by atoms with Gasteiger partial charge in [-0.3, -0.25) is 0 Å². The standard InChI is InChI=1S/C45H33NO/c1-47-44-21-11-19-36-18-10-20-41(45(36)44)42-31-38(33-14-6-3-7-15-33)25-29-43(42)46(40-28-24-34-16-8-9-17-37(34)30-40)39-26-22-35(23-27-39)32-12-4-2-5-13-32/h2-31H,1H3. The van der Waals surface area contributed by atoms with Crippen LogP contribution in [0.5, 0.6) is 5.75 Å². The third-order valence-electron chi connectivity index (χ3n) is 8.95. The van der Waals surface area contributed by atoms with Crippen LogP contribution in [0, 0.1) is 0 Å². The molecular formula is C45H33NO. The van der Waals surface area contributed by atoms with Crippen LogP contribution in [0.2, 0.25) is 0 Å². The number of ether oxygens (including phenoxy) is 1. The largest absolute Gasteiger partial charge is 0.496 e. The Morgan fingerprint density at radius 2 is 0.957 bits per heavy atom. The maximum atomic E-state index is 5.96. The number of methoxy groups -OCH3 is 1. The smallest absolute Gasteiger partial charge is 0.127 e. The van der Waals surface area contributed by atoms with Crippen molar-refractivity contribution in [2.24, 2.45) is 0 Å². The highest BCUT2D eigenvalue weighted by molar-refractivity contribution is 6.05. The van der Waals surface area contributed by atoms with E-state index >= 15 is 0 Å². The summed E-state index contributed by atoms with van der Waals surface area (Å²) in [6, 6.07) is 65.0. The quantitative estimate of drug-likeness (QED) is 0.180. The fraction of sp³-hybridized carbons (Fsp3) is 0.0222. The van der Waals surface area contributed by atoms with E-state index in [1.807, 2.05) is 0 Å². The number of fused-ring (bicyclic) bond motifs is 2. The average Bonchev–Trinajstić information content (AvgIpc) is 3.15. The molecule has 2 nitrogen and oxygen atoms in total. The van der Waals surface area contributed by atoms with Gasteiger partial charge in [0.05, 0.1) is 12.8 Å². The normalized spacial score (nSPS) is 11.1. The van der Waals surface area contributed by atoms with Gasteiger partial charge >= 0.3 is 0 Å². The second kappa shape index (κ2) is 12.3. The lowest BCUT2D eigenvalue weighted by Crippen LogP contribution is -2.11. The van der Waals surface area contributed by atoms with Gasteiger partial charge in [0.25, 0.3) is 0 Å². The summed E-state index contributed by atoms with van der Waals surface area (Å²) >= 11 is 0. The lowest BCUT2D eigenvalue weighted by molar-refractivity contribution is 0.420. The Balaban J connectivity index is 1.40. The Morgan fingerprint density at radius 3 is 1.68 bits per heavy atom. The predicted molar refractivity (Wildman–Crippen MR) is 199 cm³/mol. The molecule has 2 heteroatoms. The number of anilines is 3. The van der Waals surface area contributed by atoms with Crippen LogP contribution in [0.4, 0.5) is 17.1 Å². The third kappa shape index (κ3) is 5.41. The van der Waals surface area contributed by atoms with E-state index in [2.05, 4.69) is 187 Å². The molecule has 0 bridgehead atoms. The van der Waals surface area contributed by atoms with Crippen molar-refractivity contribution in [3.63, 3.8) is 0 Å². The molecule has 0 aliphatic rings. The van der Waals surface area contributed by atoms with E-state index < -0.39 is 0 Å². The number of nitrogens with zero attached hydrogens (tertiary/aromatic N) is 1. The predicted octanol–water partition coefficient (Wildman–Crippen LogP) is 12.5. The Hall–Kier alpha value is -6.12. The first-order valence-corrected chi connectivity index (χ1v) is 16.0. The number of rotatable bonds is 7. The first-order chi connectivity index (χ1) is 23.3.